The highest BCUT2D eigenvalue weighted by Gasteiger charge is 2.22. The molecule has 2 aliphatic rings. The van der Waals surface area contributed by atoms with E-state index in [-0.39, 0.29) is 5.15 Å². The van der Waals surface area contributed by atoms with Crippen molar-refractivity contribution in [1.29, 1.82) is 0 Å². The molecule has 2 rings (SSSR count). The highest BCUT2D eigenvalue weighted by molar-refractivity contribution is 6.31. The lowest BCUT2D eigenvalue weighted by Crippen LogP contribution is -2.28. The lowest BCUT2D eigenvalue weighted by molar-refractivity contribution is 0.0537. The van der Waals surface area contributed by atoms with E-state index in [2.05, 4.69) is 9.97 Å². The summed E-state index contributed by atoms with van der Waals surface area (Å²) in [4.78, 5) is 19.8. The molecule has 2 heterocycles. The molecule has 0 aromatic rings. The maximum atomic E-state index is 11.9. The van der Waals surface area contributed by atoms with Gasteiger partial charge >= 0.3 is 6.09 Å². The number of carbonyl (C=O) groups excluding carboxylic acids is 1. The van der Waals surface area contributed by atoms with Crippen LogP contribution in [0, 0.1) is 0 Å². The van der Waals surface area contributed by atoms with E-state index < -0.39 is 11.7 Å². The summed E-state index contributed by atoms with van der Waals surface area (Å²) in [7, 11) is 0. The van der Waals surface area contributed by atoms with Crippen molar-refractivity contribution >= 4 is 17.7 Å². The van der Waals surface area contributed by atoms with Gasteiger partial charge in [0.2, 0.25) is 0 Å². The quantitative estimate of drug-likeness (QED) is 0.678. The van der Waals surface area contributed by atoms with Gasteiger partial charge in [-0.2, -0.15) is 0 Å². The van der Waals surface area contributed by atoms with E-state index in [1.807, 2.05) is 0 Å². The molecule has 0 aliphatic carbocycles. The first kappa shape index (κ1) is 11.9. The summed E-state index contributed by atoms with van der Waals surface area (Å²) in [6.45, 7) is 5.40. The molecule has 0 fully saturated rings. The summed E-state index contributed by atoms with van der Waals surface area (Å²) in [5, 5.41) is 0.268. The van der Waals surface area contributed by atoms with Crippen LogP contribution in [-0.4, -0.2) is 26.2 Å². The van der Waals surface area contributed by atoms with E-state index in [9.17, 15) is 4.79 Å². The molecule has 0 atom stereocenters. The Balaban J connectivity index is 2.40. The summed E-state index contributed by atoms with van der Waals surface area (Å²) in [5.41, 5.74) is 0.509. The SMILES string of the molecule is CC(C)(C)OC(=O)n1cnc(Cl)c2nccc1-2. The Morgan fingerprint density at radius 2 is 2.12 bits per heavy atom. The third-order valence-electron chi connectivity index (χ3n) is 2.01. The molecule has 0 amide bonds. The number of carbonyl (C=O) groups is 1. The van der Waals surface area contributed by atoms with Crippen LogP contribution >= 0.6 is 11.6 Å². The number of rotatable bonds is 0. The second-order valence-electron chi connectivity index (χ2n) is 4.56. The molecule has 0 bridgehead atoms. The van der Waals surface area contributed by atoms with Crippen molar-refractivity contribution in [3.8, 4) is 11.4 Å². The minimum Gasteiger partial charge on any atom is -0.443 e. The van der Waals surface area contributed by atoms with Gasteiger partial charge in [-0.1, -0.05) is 11.6 Å². The van der Waals surface area contributed by atoms with Crippen molar-refractivity contribution in [2.45, 2.75) is 26.4 Å². The van der Waals surface area contributed by atoms with Gasteiger partial charge in [0.25, 0.3) is 0 Å². The molecule has 0 unspecified atom stereocenters. The third kappa shape index (κ3) is 2.39. The molecule has 2 aliphatic heterocycles. The lowest BCUT2D eigenvalue weighted by Gasteiger charge is -2.21. The molecule has 0 radical (unpaired) electrons. The molecule has 0 aromatic heterocycles. The van der Waals surface area contributed by atoms with Gasteiger partial charge in [0.05, 0.1) is 5.69 Å². The Morgan fingerprint density at radius 3 is 2.76 bits per heavy atom. The Kier molecular flexibility index (Phi) is 2.79. The maximum Gasteiger partial charge on any atom is 0.420 e. The zero-order chi connectivity index (χ0) is 12.6. The van der Waals surface area contributed by atoms with Gasteiger partial charge in [0.15, 0.2) is 5.15 Å². The van der Waals surface area contributed by atoms with Gasteiger partial charge in [0, 0.05) is 6.20 Å². The van der Waals surface area contributed by atoms with Crippen molar-refractivity contribution in [3.63, 3.8) is 0 Å². The lowest BCUT2D eigenvalue weighted by atomic mass is 10.2. The van der Waals surface area contributed by atoms with Crippen LogP contribution in [0.2, 0.25) is 5.15 Å². The smallest absolute Gasteiger partial charge is 0.420 e. The third-order valence-corrected chi connectivity index (χ3v) is 2.29. The minimum atomic E-state index is -0.559. The largest absolute Gasteiger partial charge is 0.443 e. The summed E-state index contributed by atoms with van der Waals surface area (Å²) in [6.07, 6.45) is 2.40. The number of fused-ring (bicyclic) bond motifs is 1. The van der Waals surface area contributed by atoms with Gasteiger partial charge in [-0.25, -0.2) is 14.3 Å². The standard InChI is InChI=1S/C11H12ClN3O2/c1-11(2,3)17-10(16)15-6-14-9(12)8-7(15)4-5-13-8/h4-6H,1-3H3. The van der Waals surface area contributed by atoms with Crippen LogP contribution in [0.25, 0.3) is 11.4 Å². The van der Waals surface area contributed by atoms with Crippen molar-refractivity contribution in [2.24, 2.45) is 0 Å². The first-order valence-corrected chi connectivity index (χ1v) is 5.47. The van der Waals surface area contributed by atoms with Crippen LogP contribution < -0.4 is 0 Å². The Morgan fingerprint density at radius 1 is 1.41 bits per heavy atom. The van der Waals surface area contributed by atoms with E-state index >= 15 is 0 Å². The van der Waals surface area contributed by atoms with E-state index in [4.69, 9.17) is 16.3 Å². The molecule has 0 aromatic carbocycles. The van der Waals surface area contributed by atoms with E-state index in [0.29, 0.717) is 11.4 Å². The normalized spacial score (nSPS) is 11.8. The molecule has 5 nitrogen and oxygen atoms in total. The predicted molar refractivity (Wildman–Crippen MR) is 63.3 cm³/mol. The van der Waals surface area contributed by atoms with Crippen LogP contribution in [0.4, 0.5) is 4.79 Å². The Bertz CT molecular complexity index is 530. The molecule has 90 valence electrons. The highest BCUT2D eigenvalue weighted by atomic mass is 35.5. The molecule has 17 heavy (non-hydrogen) atoms. The van der Waals surface area contributed by atoms with Crippen molar-refractivity contribution in [2.75, 3.05) is 0 Å². The number of halogens is 1. The van der Waals surface area contributed by atoms with Crippen LogP contribution in [-0.2, 0) is 4.74 Å². The van der Waals surface area contributed by atoms with Crippen molar-refractivity contribution in [3.05, 3.63) is 23.7 Å². The van der Waals surface area contributed by atoms with Crippen LogP contribution in [0.3, 0.4) is 0 Å². The minimum absolute atomic E-state index is 0.268. The molecule has 0 N–H and O–H groups in total. The van der Waals surface area contributed by atoms with Crippen LogP contribution in [0.5, 0.6) is 0 Å². The van der Waals surface area contributed by atoms with Gasteiger partial charge in [-0.15, -0.1) is 0 Å². The van der Waals surface area contributed by atoms with Gasteiger partial charge in [-0.05, 0) is 26.8 Å². The number of hydrogen-bond donors (Lipinski definition) is 0. The van der Waals surface area contributed by atoms with E-state index in [1.165, 1.54) is 10.9 Å². The molecule has 6 heteroatoms. The fraction of sp³-hybridized carbons (Fsp3) is 0.364. The second-order valence-corrected chi connectivity index (χ2v) is 4.92. The second kappa shape index (κ2) is 4.00. The summed E-state index contributed by atoms with van der Waals surface area (Å²) < 4.78 is 6.55. The summed E-state index contributed by atoms with van der Waals surface area (Å²) in [6, 6.07) is 1.69. The van der Waals surface area contributed by atoms with Crippen LogP contribution in [0.1, 0.15) is 20.8 Å². The summed E-state index contributed by atoms with van der Waals surface area (Å²) >= 11 is 5.87. The highest BCUT2D eigenvalue weighted by Crippen LogP contribution is 2.26. The molecular formula is C11H12ClN3O2. The Hall–Kier alpha value is -1.62. The molecular weight excluding hydrogens is 242 g/mol. The zero-order valence-electron chi connectivity index (χ0n) is 9.77. The monoisotopic (exact) mass is 253 g/mol. The molecule has 0 saturated heterocycles. The van der Waals surface area contributed by atoms with E-state index in [1.54, 1.807) is 33.0 Å². The van der Waals surface area contributed by atoms with Crippen LogP contribution in [0.15, 0.2) is 18.6 Å². The first-order valence-electron chi connectivity index (χ1n) is 5.09. The van der Waals surface area contributed by atoms with Crippen molar-refractivity contribution < 1.29 is 9.53 Å². The first-order chi connectivity index (χ1) is 7.88. The van der Waals surface area contributed by atoms with Gasteiger partial charge in [0.1, 0.15) is 17.6 Å². The zero-order valence-corrected chi connectivity index (χ0v) is 10.5. The maximum absolute atomic E-state index is 11.9. The fourth-order valence-corrected chi connectivity index (χ4v) is 1.56. The topological polar surface area (TPSA) is 57.0 Å². The van der Waals surface area contributed by atoms with Gasteiger partial charge < -0.3 is 4.74 Å². The molecule has 0 spiro atoms. The fourth-order valence-electron chi connectivity index (χ4n) is 1.37. The Labute approximate surface area is 104 Å². The van der Waals surface area contributed by atoms with E-state index in [0.717, 1.165) is 0 Å². The number of ether oxygens (including phenoxy) is 1. The number of nitrogens with zero attached hydrogens (tertiary/aromatic N) is 3. The number of aromatic nitrogens is 3. The average Bonchev–Trinajstić information content (AvgIpc) is 2.64. The molecule has 0 saturated carbocycles. The van der Waals surface area contributed by atoms with Crippen molar-refractivity contribution in [1.82, 2.24) is 14.5 Å². The number of hydrogen-bond acceptors (Lipinski definition) is 4. The average molecular weight is 254 g/mol. The van der Waals surface area contributed by atoms with Gasteiger partial charge in [-0.3, -0.25) is 4.98 Å². The predicted octanol–water partition coefficient (Wildman–Crippen LogP) is 2.82. The summed E-state index contributed by atoms with van der Waals surface area (Å²) in [5.74, 6) is 0.